The number of hydrogen-bond acceptors (Lipinski definition) is 1. The molecule has 7 heteroatoms. The van der Waals surface area contributed by atoms with E-state index in [1.54, 1.807) is 20.8 Å². The number of nitrogens with zero attached hydrogens (tertiary/aromatic N) is 1. The van der Waals surface area contributed by atoms with Crippen molar-refractivity contribution in [2.45, 2.75) is 31.7 Å². The summed E-state index contributed by atoms with van der Waals surface area (Å²) < 4.78 is 52.7. The maximum absolute atomic E-state index is 12.5. The van der Waals surface area contributed by atoms with E-state index in [1.165, 1.54) is 12.3 Å². The number of benzene rings is 1. The molecular weight excluding hydrogens is 343 g/mol. The smallest absolute Gasteiger partial charge is 0.234 e. The first-order chi connectivity index (χ1) is 8.51. The van der Waals surface area contributed by atoms with E-state index in [1.807, 2.05) is 0 Å². The van der Waals surface area contributed by atoms with Crippen LogP contribution in [0, 0.1) is 0 Å². The molecule has 0 aromatic heterocycles. The fourth-order valence-corrected chi connectivity index (χ4v) is 2.08. The van der Waals surface area contributed by atoms with Crippen molar-refractivity contribution in [3.8, 4) is 0 Å². The van der Waals surface area contributed by atoms with Crippen LogP contribution in [-0.2, 0) is 17.2 Å². The van der Waals surface area contributed by atoms with Gasteiger partial charge in [-0.05, 0) is 32.9 Å². The number of hydrogen-bond donors (Lipinski definition) is 0. The number of halogens is 4. The molecule has 0 heterocycles. The summed E-state index contributed by atoms with van der Waals surface area (Å²) in [6.07, 6.45) is -3.07. The van der Waals surface area contributed by atoms with Gasteiger partial charge in [-0.15, -0.1) is 0 Å². The van der Waals surface area contributed by atoms with E-state index in [0.29, 0.717) is 5.56 Å². The van der Waals surface area contributed by atoms with Gasteiger partial charge in [0.1, 0.15) is 11.0 Å². The van der Waals surface area contributed by atoms with E-state index in [0.717, 1.165) is 12.1 Å². The van der Waals surface area contributed by atoms with Crippen LogP contribution >= 0.6 is 15.9 Å². The number of alkyl halides is 3. The van der Waals surface area contributed by atoms with Crippen molar-refractivity contribution >= 4 is 33.1 Å². The molecule has 0 spiro atoms. The van der Waals surface area contributed by atoms with E-state index in [4.69, 9.17) is 0 Å². The molecule has 1 atom stereocenters. The Kier molecular flexibility index (Phi) is 4.95. The molecule has 1 rings (SSSR count). The highest BCUT2D eigenvalue weighted by molar-refractivity contribution is 9.10. The Morgan fingerprint density at radius 1 is 1.26 bits per heavy atom. The summed E-state index contributed by atoms with van der Waals surface area (Å²) in [6.45, 7) is 5.30. The van der Waals surface area contributed by atoms with Gasteiger partial charge in [-0.2, -0.15) is 17.6 Å². The van der Waals surface area contributed by atoms with Gasteiger partial charge in [-0.3, -0.25) is 0 Å². The summed E-state index contributed by atoms with van der Waals surface area (Å²) in [5, 5.41) is 0. The Labute approximate surface area is 120 Å². The molecule has 1 aromatic carbocycles. The molecule has 0 saturated heterocycles. The van der Waals surface area contributed by atoms with Crippen molar-refractivity contribution in [3.05, 3.63) is 33.8 Å². The summed E-state index contributed by atoms with van der Waals surface area (Å²) in [5.74, 6) is 0. The first kappa shape index (κ1) is 16.4. The summed E-state index contributed by atoms with van der Waals surface area (Å²) in [7, 11) is -1.44. The van der Waals surface area contributed by atoms with Crippen molar-refractivity contribution in [1.82, 2.24) is 0 Å². The molecule has 0 fully saturated rings. The van der Waals surface area contributed by atoms with E-state index in [9.17, 15) is 17.4 Å². The van der Waals surface area contributed by atoms with Crippen molar-refractivity contribution in [2.75, 3.05) is 0 Å². The molecule has 0 radical (unpaired) electrons. The van der Waals surface area contributed by atoms with Gasteiger partial charge in [-0.25, -0.2) is 4.21 Å². The van der Waals surface area contributed by atoms with Gasteiger partial charge in [0.05, 0.1) is 10.3 Å². The molecule has 0 unspecified atom stereocenters. The molecule has 0 aliphatic heterocycles. The van der Waals surface area contributed by atoms with Crippen LogP contribution in [0.3, 0.4) is 0 Å². The average Bonchev–Trinajstić information content (AvgIpc) is 2.24. The standard InChI is InChI=1S/C12H13BrF3NOS/c1-11(2,3)19(18)17-7-8-4-5-9(6-10(8)13)12(14,15)16/h4-7H,1-3H3/b17-7+/t19-/m0/s1. The summed E-state index contributed by atoms with van der Waals surface area (Å²) in [4.78, 5) is 0. The molecule has 0 N–H and O–H groups in total. The molecule has 2 nitrogen and oxygen atoms in total. The fourth-order valence-electron chi connectivity index (χ4n) is 1.07. The maximum Gasteiger partial charge on any atom is 0.416 e. The molecule has 19 heavy (non-hydrogen) atoms. The van der Waals surface area contributed by atoms with Crippen LogP contribution in [0.4, 0.5) is 13.2 Å². The fraction of sp³-hybridized carbons (Fsp3) is 0.417. The summed E-state index contributed by atoms with van der Waals surface area (Å²) in [6, 6.07) is 3.23. The van der Waals surface area contributed by atoms with Crippen LogP contribution in [0.1, 0.15) is 31.9 Å². The van der Waals surface area contributed by atoms with Crippen LogP contribution in [0.15, 0.2) is 27.1 Å². The highest BCUT2D eigenvalue weighted by Gasteiger charge is 2.30. The zero-order valence-electron chi connectivity index (χ0n) is 10.6. The van der Waals surface area contributed by atoms with Crippen LogP contribution in [-0.4, -0.2) is 15.2 Å². The summed E-state index contributed by atoms with van der Waals surface area (Å²) >= 11 is 3.05. The van der Waals surface area contributed by atoms with Crippen molar-refractivity contribution in [1.29, 1.82) is 0 Å². The van der Waals surface area contributed by atoms with Gasteiger partial charge in [0.25, 0.3) is 0 Å². The monoisotopic (exact) mass is 355 g/mol. The Bertz CT molecular complexity index is 521. The molecule has 0 aliphatic carbocycles. The van der Waals surface area contributed by atoms with Gasteiger partial charge in [0, 0.05) is 16.3 Å². The zero-order valence-corrected chi connectivity index (χ0v) is 13.0. The van der Waals surface area contributed by atoms with Gasteiger partial charge in [-0.1, -0.05) is 22.0 Å². The third-order valence-electron chi connectivity index (χ3n) is 2.14. The van der Waals surface area contributed by atoms with Crippen molar-refractivity contribution in [3.63, 3.8) is 0 Å². The van der Waals surface area contributed by atoms with E-state index >= 15 is 0 Å². The van der Waals surface area contributed by atoms with E-state index in [-0.39, 0.29) is 4.47 Å². The SMILES string of the molecule is CC(C)(C)[S@](=O)/N=C/c1ccc(C(F)(F)F)cc1Br. The highest BCUT2D eigenvalue weighted by Crippen LogP contribution is 2.31. The highest BCUT2D eigenvalue weighted by atomic mass is 79.9. The van der Waals surface area contributed by atoms with Gasteiger partial charge in [0.15, 0.2) is 0 Å². The lowest BCUT2D eigenvalue weighted by Crippen LogP contribution is -2.19. The lowest BCUT2D eigenvalue weighted by atomic mass is 10.1. The van der Waals surface area contributed by atoms with E-state index in [2.05, 4.69) is 20.3 Å². The topological polar surface area (TPSA) is 29.4 Å². The predicted molar refractivity (Wildman–Crippen MR) is 74.6 cm³/mol. The first-order valence-corrected chi connectivity index (χ1v) is 7.24. The van der Waals surface area contributed by atoms with Crippen molar-refractivity contribution in [2.24, 2.45) is 4.40 Å². The molecule has 106 valence electrons. The minimum atomic E-state index is -4.38. The molecule has 0 aliphatic rings. The first-order valence-electron chi connectivity index (χ1n) is 5.34. The largest absolute Gasteiger partial charge is 0.416 e. The predicted octanol–water partition coefficient (Wildman–Crippen LogP) is 4.35. The van der Waals surface area contributed by atoms with Crippen molar-refractivity contribution < 1.29 is 17.4 Å². The Morgan fingerprint density at radius 3 is 2.26 bits per heavy atom. The van der Waals surface area contributed by atoms with Gasteiger partial charge < -0.3 is 0 Å². The molecule has 0 bridgehead atoms. The molecular formula is C12H13BrF3NOS. The van der Waals surface area contributed by atoms with Crippen LogP contribution < -0.4 is 0 Å². The molecule has 0 saturated carbocycles. The number of rotatable bonds is 2. The third kappa shape index (κ3) is 4.72. The minimum Gasteiger partial charge on any atom is -0.234 e. The molecule has 0 amide bonds. The Balaban J connectivity index is 2.99. The quantitative estimate of drug-likeness (QED) is 0.725. The van der Waals surface area contributed by atoms with E-state index < -0.39 is 27.5 Å². The second kappa shape index (κ2) is 5.75. The second-order valence-electron chi connectivity index (χ2n) is 4.83. The van der Waals surface area contributed by atoms with Crippen LogP contribution in [0.2, 0.25) is 0 Å². The zero-order chi connectivity index (χ0) is 14.8. The lowest BCUT2D eigenvalue weighted by molar-refractivity contribution is -0.137. The Hall–Kier alpha value is -0.690. The average molecular weight is 356 g/mol. The second-order valence-corrected chi connectivity index (χ2v) is 7.62. The minimum absolute atomic E-state index is 0.261. The van der Waals surface area contributed by atoms with Gasteiger partial charge in [0.2, 0.25) is 0 Å². The third-order valence-corrected chi connectivity index (χ3v) is 4.17. The van der Waals surface area contributed by atoms with Crippen LogP contribution in [0.25, 0.3) is 0 Å². The van der Waals surface area contributed by atoms with Gasteiger partial charge >= 0.3 is 6.18 Å². The summed E-state index contributed by atoms with van der Waals surface area (Å²) in [5.41, 5.74) is -0.293. The normalized spacial score (nSPS) is 14.9. The lowest BCUT2D eigenvalue weighted by Gasteiger charge is -2.13. The maximum atomic E-state index is 12.5. The van der Waals surface area contributed by atoms with Crippen LogP contribution in [0.5, 0.6) is 0 Å². The molecule has 1 aromatic rings. The Morgan fingerprint density at radius 2 is 1.84 bits per heavy atom.